The maximum absolute atomic E-state index is 13.5. The van der Waals surface area contributed by atoms with E-state index in [2.05, 4.69) is 5.32 Å². The lowest BCUT2D eigenvalue weighted by Crippen LogP contribution is -2.29. The molecule has 0 bridgehead atoms. The van der Waals surface area contributed by atoms with E-state index in [1.54, 1.807) is 58.3 Å². The predicted octanol–water partition coefficient (Wildman–Crippen LogP) is 8.27. The Labute approximate surface area is 295 Å². The second kappa shape index (κ2) is 13.5. The topological polar surface area (TPSA) is 94.4 Å². The number of fused-ring (bicyclic) bond motifs is 2. The summed E-state index contributed by atoms with van der Waals surface area (Å²) in [5, 5.41) is 2.92. The van der Waals surface area contributed by atoms with Crippen molar-refractivity contribution in [2.45, 2.75) is 13.1 Å². The fraction of sp³-hybridized carbons (Fsp3) is 0.0465. The Morgan fingerprint density at radius 3 is 1.37 bits per heavy atom. The Morgan fingerprint density at radius 2 is 0.902 bits per heavy atom. The zero-order valence-corrected chi connectivity index (χ0v) is 27.4. The third-order valence-electron chi connectivity index (χ3n) is 8.90. The number of aliphatic imine (C=N–C) groups is 2. The summed E-state index contributed by atoms with van der Waals surface area (Å²) in [5.74, 6) is -0.612. The van der Waals surface area contributed by atoms with E-state index < -0.39 is 0 Å². The number of nitrogens with one attached hydrogen (secondary N) is 1. The van der Waals surface area contributed by atoms with Crippen molar-refractivity contribution in [1.29, 1.82) is 0 Å². The molecule has 0 fully saturated rings. The average molecular weight is 666 g/mol. The van der Waals surface area contributed by atoms with Gasteiger partial charge in [0.15, 0.2) is 0 Å². The zero-order valence-electron chi connectivity index (χ0n) is 27.4. The van der Waals surface area contributed by atoms with Crippen molar-refractivity contribution < 1.29 is 14.4 Å². The number of rotatable bonds is 8. The molecule has 1 N–H and O–H groups in total. The normalized spacial score (nSPS) is 15.0. The van der Waals surface area contributed by atoms with Gasteiger partial charge in [0.05, 0.1) is 35.8 Å². The minimum atomic E-state index is -0.291. The van der Waals surface area contributed by atoms with E-state index in [9.17, 15) is 14.4 Å². The van der Waals surface area contributed by atoms with Gasteiger partial charge >= 0.3 is 0 Å². The number of hydrogen-bond acceptors (Lipinski definition) is 5. The average Bonchev–Trinajstić information content (AvgIpc) is 3.58. The number of amides is 3. The molecule has 0 aromatic heterocycles. The lowest BCUT2D eigenvalue weighted by molar-refractivity contribution is -0.113. The molecule has 246 valence electrons. The monoisotopic (exact) mass is 665 g/mol. The minimum absolute atomic E-state index is 0.156. The highest BCUT2D eigenvalue weighted by Crippen LogP contribution is 2.34. The molecule has 0 saturated heterocycles. The highest BCUT2D eigenvalue weighted by atomic mass is 16.2. The lowest BCUT2D eigenvalue weighted by Gasteiger charge is -2.16. The van der Waals surface area contributed by atoms with Gasteiger partial charge in [-0.1, -0.05) is 97.1 Å². The number of anilines is 3. The molecule has 6 aromatic carbocycles. The highest BCUT2D eigenvalue weighted by Gasteiger charge is 2.35. The van der Waals surface area contributed by atoms with Crippen LogP contribution >= 0.6 is 0 Å². The van der Waals surface area contributed by atoms with Crippen LogP contribution in [0.15, 0.2) is 168 Å². The Kier molecular flexibility index (Phi) is 8.31. The van der Waals surface area contributed by atoms with Gasteiger partial charge in [-0.15, -0.1) is 0 Å². The number of carbonyl (C=O) groups is 3. The van der Waals surface area contributed by atoms with Crippen LogP contribution in [-0.2, 0) is 22.7 Å². The third-order valence-corrected chi connectivity index (χ3v) is 8.90. The summed E-state index contributed by atoms with van der Waals surface area (Å²) in [6.45, 7) is 0.900. The Bertz CT molecular complexity index is 2330. The molecule has 3 amide bonds. The van der Waals surface area contributed by atoms with Crippen molar-refractivity contribution in [3.8, 4) is 0 Å². The van der Waals surface area contributed by atoms with Gasteiger partial charge in [-0.2, -0.15) is 0 Å². The van der Waals surface area contributed by atoms with E-state index in [0.717, 1.165) is 33.6 Å². The first-order chi connectivity index (χ1) is 25.0. The smallest absolute Gasteiger partial charge is 0.277 e. The first-order valence-corrected chi connectivity index (χ1v) is 16.6. The SMILES string of the molecule is O=C(Nc1ccc(N=C2C(=O)N(Cc3ccccc3)c3ccccc32)cc1)c1ccc(N=C2C(=O)N(Cc3ccccc3)c3ccccc32)cc1. The molecule has 0 atom stereocenters. The van der Waals surface area contributed by atoms with Crippen molar-refractivity contribution in [2.75, 3.05) is 15.1 Å². The molecule has 8 heteroatoms. The van der Waals surface area contributed by atoms with E-state index in [-0.39, 0.29) is 17.7 Å². The Balaban J connectivity index is 0.953. The molecule has 8 nitrogen and oxygen atoms in total. The van der Waals surface area contributed by atoms with Gasteiger partial charge in [0, 0.05) is 22.4 Å². The van der Waals surface area contributed by atoms with Crippen LogP contribution in [0.25, 0.3) is 0 Å². The van der Waals surface area contributed by atoms with Crippen molar-refractivity contribution in [3.63, 3.8) is 0 Å². The fourth-order valence-corrected chi connectivity index (χ4v) is 6.35. The van der Waals surface area contributed by atoms with Gasteiger partial charge in [-0.25, -0.2) is 9.98 Å². The van der Waals surface area contributed by atoms with Crippen LogP contribution in [0.1, 0.15) is 32.6 Å². The van der Waals surface area contributed by atoms with Gasteiger partial charge in [0.25, 0.3) is 17.7 Å². The second-order valence-corrected chi connectivity index (χ2v) is 12.3. The Hall–Kier alpha value is -6.93. The first-order valence-electron chi connectivity index (χ1n) is 16.6. The second-order valence-electron chi connectivity index (χ2n) is 12.3. The lowest BCUT2D eigenvalue weighted by atomic mass is 10.1. The molecule has 2 aliphatic rings. The standard InChI is InChI=1S/C43H31N5O3/c49-41(31-19-21-32(22-20-31)44-39-35-15-7-9-17-37(35)47(42(39)50)27-29-11-3-1-4-12-29)46-34-25-23-33(24-26-34)45-40-36-16-8-10-18-38(36)48(43(40)51)28-30-13-5-2-6-14-30/h1-26H,27-28H2,(H,46,49). The largest absolute Gasteiger partial charge is 0.322 e. The van der Waals surface area contributed by atoms with Gasteiger partial charge in [-0.05, 0) is 71.8 Å². The molecular formula is C43H31N5O3. The fourth-order valence-electron chi connectivity index (χ4n) is 6.35. The van der Waals surface area contributed by atoms with Gasteiger partial charge in [-0.3, -0.25) is 14.4 Å². The molecule has 0 spiro atoms. The molecule has 6 aromatic rings. The van der Waals surface area contributed by atoms with E-state index >= 15 is 0 Å². The van der Waals surface area contributed by atoms with E-state index in [1.165, 1.54) is 0 Å². The number of nitrogens with zero attached hydrogens (tertiary/aromatic N) is 4. The van der Waals surface area contributed by atoms with Gasteiger partial charge in [0.1, 0.15) is 11.4 Å². The third kappa shape index (κ3) is 6.34. The van der Waals surface area contributed by atoms with Crippen LogP contribution in [0, 0.1) is 0 Å². The van der Waals surface area contributed by atoms with Crippen LogP contribution in [0.5, 0.6) is 0 Å². The molecule has 8 rings (SSSR count). The maximum atomic E-state index is 13.5. The molecule has 2 heterocycles. The summed E-state index contributed by atoms with van der Waals surface area (Å²) in [5.41, 5.74) is 8.23. The summed E-state index contributed by atoms with van der Waals surface area (Å²) in [4.78, 5) is 53.1. The quantitative estimate of drug-likeness (QED) is 0.177. The van der Waals surface area contributed by atoms with Crippen LogP contribution in [0.2, 0.25) is 0 Å². The van der Waals surface area contributed by atoms with E-state index in [4.69, 9.17) is 9.98 Å². The summed E-state index contributed by atoms with van der Waals surface area (Å²) < 4.78 is 0. The van der Waals surface area contributed by atoms with Crippen LogP contribution in [-0.4, -0.2) is 29.1 Å². The maximum Gasteiger partial charge on any atom is 0.277 e. The zero-order chi connectivity index (χ0) is 34.7. The van der Waals surface area contributed by atoms with Gasteiger partial charge < -0.3 is 15.1 Å². The summed E-state index contributed by atoms with van der Waals surface area (Å²) in [6, 6.07) is 48.9. The molecule has 0 unspecified atom stereocenters. The summed E-state index contributed by atoms with van der Waals surface area (Å²) in [6.07, 6.45) is 0. The van der Waals surface area contributed by atoms with E-state index in [1.807, 2.05) is 109 Å². The van der Waals surface area contributed by atoms with Crippen molar-refractivity contribution >= 4 is 57.6 Å². The van der Waals surface area contributed by atoms with Crippen LogP contribution in [0.4, 0.5) is 28.4 Å². The number of hydrogen-bond donors (Lipinski definition) is 1. The molecular weight excluding hydrogens is 635 g/mol. The van der Waals surface area contributed by atoms with Crippen molar-refractivity contribution in [1.82, 2.24) is 0 Å². The number of carbonyl (C=O) groups excluding carboxylic acids is 3. The molecule has 51 heavy (non-hydrogen) atoms. The van der Waals surface area contributed by atoms with Crippen LogP contribution < -0.4 is 15.1 Å². The molecule has 0 aliphatic carbocycles. The number of benzene rings is 6. The molecule has 0 radical (unpaired) electrons. The predicted molar refractivity (Wildman–Crippen MR) is 201 cm³/mol. The van der Waals surface area contributed by atoms with E-state index in [0.29, 0.717) is 47.1 Å². The van der Waals surface area contributed by atoms with Crippen molar-refractivity contribution in [2.24, 2.45) is 9.98 Å². The molecule has 0 saturated carbocycles. The Morgan fingerprint density at radius 1 is 0.490 bits per heavy atom. The number of para-hydroxylation sites is 2. The minimum Gasteiger partial charge on any atom is -0.322 e. The summed E-state index contributed by atoms with van der Waals surface area (Å²) >= 11 is 0. The van der Waals surface area contributed by atoms with Gasteiger partial charge in [0.2, 0.25) is 0 Å². The molecule has 2 aliphatic heterocycles. The highest BCUT2D eigenvalue weighted by molar-refractivity contribution is 6.55. The summed E-state index contributed by atoms with van der Waals surface area (Å²) in [7, 11) is 0. The first kappa shape index (κ1) is 31.3. The van der Waals surface area contributed by atoms with Crippen LogP contribution in [0.3, 0.4) is 0 Å². The van der Waals surface area contributed by atoms with Crippen molar-refractivity contribution in [3.05, 3.63) is 186 Å².